The van der Waals surface area contributed by atoms with E-state index in [4.69, 9.17) is 9.47 Å². The number of para-hydroxylation sites is 2. The molecule has 196 valence electrons. The molecule has 0 radical (unpaired) electrons. The van der Waals surface area contributed by atoms with Crippen LogP contribution in [0.5, 0.6) is 5.88 Å². The molecule has 0 aliphatic carbocycles. The van der Waals surface area contributed by atoms with E-state index < -0.39 is 18.2 Å². The molecule has 4 heterocycles. The van der Waals surface area contributed by atoms with E-state index >= 15 is 0 Å². The van der Waals surface area contributed by atoms with Gasteiger partial charge in [-0.15, -0.1) is 0 Å². The summed E-state index contributed by atoms with van der Waals surface area (Å²) in [6.07, 6.45) is -3.09. The lowest BCUT2D eigenvalue weighted by Gasteiger charge is -2.38. The van der Waals surface area contributed by atoms with Gasteiger partial charge in [0.05, 0.1) is 50.9 Å². The maximum Gasteiger partial charge on any atom is 0.306 e. The zero-order valence-electron chi connectivity index (χ0n) is 20.2. The van der Waals surface area contributed by atoms with Crippen molar-refractivity contribution in [3.05, 3.63) is 36.2 Å². The van der Waals surface area contributed by atoms with E-state index in [1.54, 1.807) is 29.2 Å². The summed E-state index contributed by atoms with van der Waals surface area (Å²) >= 11 is 0. The number of hydrogen-bond donors (Lipinski definition) is 0. The number of carbonyl (C=O) groups is 2. The first-order chi connectivity index (χ1) is 17.9. The lowest BCUT2D eigenvalue weighted by Crippen LogP contribution is -2.56. The Morgan fingerprint density at radius 1 is 1.11 bits per heavy atom. The topological polar surface area (TPSA) is 112 Å². The lowest BCUT2D eigenvalue weighted by molar-refractivity contribution is -0.146. The summed E-state index contributed by atoms with van der Waals surface area (Å²) in [7, 11) is 1.28. The summed E-state index contributed by atoms with van der Waals surface area (Å²) in [5, 5.41) is 0. The van der Waals surface area contributed by atoms with Crippen molar-refractivity contribution in [1.29, 1.82) is 0 Å². The van der Waals surface area contributed by atoms with Crippen molar-refractivity contribution >= 4 is 28.9 Å². The lowest BCUT2D eigenvalue weighted by atomic mass is 10.1. The van der Waals surface area contributed by atoms with Crippen LogP contribution in [0.2, 0.25) is 0 Å². The van der Waals surface area contributed by atoms with Gasteiger partial charge in [0.15, 0.2) is 5.82 Å². The third-order valence-electron chi connectivity index (χ3n) is 6.24. The van der Waals surface area contributed by atoms with Gasteiger partial charge in [0.1, 0.15) is 11.9 Å². The number of benzene rings is 1. The number of imidazole rings is 1. The Hall–Kier alpha value is -3.87. The van der Waals surface area contributed by atoms with E-state index in [9.17, 15) is 18.4 Å². The van der Waals surface area contributed by atoms with Gasteiger partial charge in [-0.05, 0) is 12.1 Å². The Labute approximate surface area is 210 Å². The van der Waals surface area contributed by atoms with Crippen molar-refractivity contribution in [2.75, 3.05) is 51.4 Å². The molecule has 0 atom stereocenters. The van der Waals surface area contributed by atoms with Crippen LogP contribution >= 0.6 is 0 Å². The number of anilines is 1. The van der Waals surface area contributed by atoms with Crippen molar-refractivity contribution < 1.29 is 32.6 Å². The molecule has 2 saturated heterocycles. The molecule has 0 N–H and O–H groups in total. The second-order valence-electron chi connectivity index (χ2n) is 8.67. The van der Waals surface area contributed by atoms with Gasteiger partial charge in [-0.2, -0.15) is 9.97 Å². The van der Waals surface area contributed by atoms with Crippen LogP contribution in [0, 0.1) is 0 Å². The minimum atomic E-state index is -2.82. The molecule has 5 rings (SSSR count). The van der Waals surface area contributed by atoms with Crippen LogP contribution in [0.4, 0.5) is 14.7 Å². The van der Waals surface area contributed by atoms with E-state index in [-0.39, 0.29) is 36.6 Å². The van der Waals surface area contributed by atoms with Crippen LogP contribution in [-0.4, -0.2) is 88.9 Å². The molecule has 0 unspecified atom stereocenters. The fourth-order valence-corrected chi connectivity index (χ4v) is 4.27. The standard InChI is InChI=1S/C24H26F2N6O5/c1-35-21(34)7-6-20(33)31-13-15(14-31)37-19-12-18(28-24(29-19)30-8-10-36-11-9-30)32-17-5-3-2-4-16(17)27-23(32)22(25)26/h2-5,12,15,22H,6-11,13-14H2,1H3. The molecule has 1 amide bonds. The number of likely N-dealkylation sites (tertiary alicyclic amines) is 1. The third kappa shape index (κ3) is 5.31. The summed E-state index contributed by atoms with van der Waals surface area (Å²) in [6.45, 7) is 2.71. The van der Waals surface area contributed by atoms with Crippen molar-refractivity contribution in [3.8, 4) is 11.7 Å². The number of rotatable bonds is 8. The maximum atomic E-state index is 14.0. The fraction of sp³-hybridized carbons (Fsp3) is 0.458. The van der Waals surface area contributed by atoms with Crippen molar-refractivity contribution in [1.82, 2.24) is 24.4 Å². The number of halogens is 2. The second kappa shape index (κ2) is 10.6. The Bertz CT molecular complexity index is 1290. The summed E-state index contributed by atoms with van der Waals surface area (Å²) in [5.74, 6) is -0.295. The minimum absolute atomic E-state index is 0.0148. The van der Waals surface area contributed by atoms with E-state index in [0.29, 0.717) is 56.4 Å². The Kier molecular flexibility index (Phi) is 7.12. The van der Waals surface area contributed by atoms with Gasteiger partial charge in [0.25, 0.3) is 6.43 Å². The maximum absolute atomic E-state index is 14.0. The summed E-state index contributed by atoms with van der Waals surface area (Å²) < 4.78 is 45.3. The second-order valence-corrected chi connectivity index (χ2v) is 8.67. The molecule has 0 saturated carbocycles. The number of morpholine rings is 1. The Balaban J connectivity index is 1.41. The van der Waals surface area contributed by atoms with Crippen molar-refractivity contribution in [2.45, 2.75) is 25.4 Å². The Morgan fingerprint density at radius 2 is 1.86 bits per heavy atom. The smallest absolute Gasteiger partial charge is 0.306 e. The number of fused-ring (bicyclic) bond motifs is 1. The highest BCUT2D eigenvalue weighted by molar-refractivity contribution is 5.82. The minimum Gasteiger partial charge on any atom is -0.470 e. The van der Waals surface area contributed by atoms with Gasteiger partial charge in [0.2, 0.25) is 17.7 Å². The first-order valence-corrected chi connectivity index (χ1v) is 11.9. The average Bonchev–Trinajstić information content (AvgIpc) is 3.29. The van der Waals surface area contributed by atoms with E-state index in [0.717, 1.165) is 0 Å². The van der Waals surface area contributed by atoms with Crippen molar-refractivity contribution in [3.63, 3.8) is 0 Å². The van der Waals surface area contributed by atoms with Crippen LogP contribution in [0.25, 0.3) is 16.9 Å². The molecule has 2 aliphatic heterocycles. The van der Waals surface area contributed by atoms with E-state index in [1.165, 1.54) is 17.7 Å². The molecule has 11 nitrogen and oxygen atoms in total. The summed E-state index contributed by atoms with van der Waals surface area (Å²) in [5.41, 5.74) is 0.910. The highest BCUT2D eigenvalue weighted by Crippen LogP contribution is 2.30. The van der Waals surface area contributed by atoms with Gasteiger partial charge < -0.3 is 24.0 Å². The van der Waals surface area contributed by atoms with Crippen LogP contribution in [-0.2, 0) is 19.1 Å². The number of amides is 1. The zero-order chi connectivity index (χ0) is 25.9. The highest BCUT2D eigenvalue weighted by Gasteiger charge is 2.33. The first kappa shape index (κ1) is 24.8. The molecule has 37 heavy (non-hydrogen) atoms. The largest absolute Gasteiger partial charge is 0.470 e. The van der Waals surface area contributed by atoms with E-state index in [2.05, 4.69) is 19.7 Å². The summed E-state index contributed by atoms with van der Waals surface area (Å²) in [6, 6.07) is 8.36. The molecule has 0 bridgehead atoms. The number of alkyl halides is 2. The van der Waals surface area contributed by atoms with Crippen LogP contribution in [0.3, 0.4) is 0 Å². The van der Waals surface area contributed by atoms with Gasteiger partial charge >= 0.3 is 5.97 Å². The van der Waals surface area contributed by atoms with Crippen LogP contribution in [0.15, 0.2) is 30.3 Å². The van der Waals surface area contributed by atoms with Crippen LogP contribution in [0.1, 0.15) is 25.1 Å². The average molecular weight is 517 g/mol. The molecule has 2 aromatic heterocycles. The number of aromatic nitrogens is 4. The predicted molar refractivity (Wildman–Crippen MR) is 127 cm³/mol. The molecular formula is C24H26F2N6O5. The highest BCUT2D eigenvalue weighted by atomic mass is 19.3. The number of carbonyl (C=O) groups excluding carboxylic acids is 2. The third-order valence-corrected chi connectivity index (χ3v) is 6.24. The van der Waals surface area contributed by atoms with Gasteiger partial charge in [0, 0.05) is 25.6 Å². The van der Waals surface area contributed by atoms with Gasteiger partial charge in [-0.25, -0.2) is 13.8 Å². The monoisotopic (exact) mass is 516 g/mol. The molecular weight excluding hydrogens is 490 g/mol. The zero-order valence-corrected chi connectivity index (χ0v) is 20.2. The molecule has 13 heteroatoms. The normalized spacial score (nSPS) is 16.2. The quantitative estimate of drug-likeness (QED) is 0.416. The molecule has 2 aliphatic rings. The number of nitrogens with zero attached hydrogens (tertiary/aromatic N) is 6. The van der Waals surface area contributed by atoms with Gasteiger partial charge in [-0.1, -0.05) is 12.1 Å². The molecule has 1 aromatic carbocycles. The molecule has 2 fully saturated rings. The Morgan fingerprint density at radius 3 is 2.59 bits per heavy atom. The number of hydrogen-bond acceptors (Lipinski definition) is 9. The summed E-state index contributed by atoms with van der Waals surface area (Å²) in [4.78, 5) is 40.3. The number of methoxy groups -OCH3 is 1. The predicted octanol–water partition coefficient (Wildman–Crippen LogP) is 2.13. The van der Waals surface area contributed by atoms with Gasteiger partial charge in [-0.3, -0.25) is 14.2 Å². The first-order valence-electron chi connectivity index (χ1n) is 11.9. The molecule has 3 aromatic rings. The van der Waals surface area contributed by atoms with Crippen molar-refractivity contribution in [2.24, 2.45) is 0 Å². The van der Waals surface area contributed by atoms with Crippen LogP contribution < -0.4 is 9.64 Å². The van der Waals surface area contributed by atoms with E-state index in [1.807, 2.05) is 4.90 Å². The molecule has 0 spiro atoms. The number of esters is 1. The number of ether oxygens (including phenoxy) is 3. The SMILES string of the molecule is COC(=O)CCC(=O)N1CC(Oc2cc(-n3c(C(F)F)nc4ccccc43)nc(N3CCOCC3)n2)C1. The fourth-order valence-electron chi connectivity index (χ4n) is 4.27.